The van der Waals surface area contributed by atoms with Crippen molar-refractivity contribution in [3.8, 4) is 0 Å². The number of ketones is 1. The Labute approximate surface area is 121 Å². The monoisotopic (exact) mass is 320 g/mol. The Bertz CT molecular complexity index is 590. The largest absolute Gasteiger partial charge is 0.292 e. The van der Waals surface area contributed by atoms with Gasteiger partial charge in [-0.25, -0.2) is 0 Å². The predicted octanol–water partition coefficient (Wildman–Crippen LogP) is 3.79. The van der Waals surface area contributed by atoms with Crippen LogP contribution in [0, 0.1) is 6.92 Å². The van der Waals surface area contributed by atoms with Crippen molar-refractivity contribution >= 4 is 21.7 Å². The highest BCUT2D eigenvalue weighted by Gasteiger charge is 2.17. The van der Waals surface area contributed by atoms with Crippen LogP contribution in [0.3, 0.4) is 0 Å². The third kappa shape index (κ3) is 3.13. The molecular weight excluding hydrogens is 304 g/mol. The van der Waals surface area contributed by atoms with E-state index in [1.807, 2.05) is 31.2 Å². The van der Waals surface area contributed by atoms with Gasteiger partial charge in [-0.1, -0.05) is 31.2 Å². The second-order valence-electron chi connectivity index (χ2n) is 4.59. The number of rotatable bonds is 5. The minimum Gasteiger partial charge on any atom is -0.292 e. The smallest absolute Gasteiger partial charge is 0.186 e. The lowest BCUT2D eigenvalue weighted by atomic mass is 10.0. The lowest BCUT2D eigenvalue weighted by Gasteiger charge is -2.08. The van der Waals surface area contributed by atoms with Gasteiger partial charge in [0, 0.05) is 13.0 Å². The molecule has 0 spiro atoms. The lowest BCUT2D eigenvalue weighted by molar-refractivity contribution is 0.0981. The van der Waals surface area contributed by atoms with Gasteiger partial charge in [0.2, 0.25) is 0 Å². The van der Waals surface area contributed by atoms with Crippen LogP contribution in [0.15, 0.2) is 34.9 Å². The average Bonchev–Trinajstić information content (AvgIpc) is 2.74. The van der Waals surface area contributed by atoms with Crippen LogP contribution < -0.4 is 0 Å². The summed E-state index contributed by atoms with van der Waals surface area (Å²) in [6, 6.07) is 7.98. The number of aromatic nitrogens is 2. The van der Waals surface area contributed by atoms with Gasteiger partial charge in [-0.3, -0.25) is 9.48 Å². The number of halogens is 1. The minimum absolute atomic E-state index is 0.104. The molecule has 2 aromatic rings. The van der Waals surface area contributed by atoms with E-state index in [-0.39, 0.29) is 5.78 Å². The van der Waals surface area contributed by atoms with Gasteiger partial charge >= 0.3 is 0 Å². The van der Waals surface area contributed by atoms with Crippen molar-refractivity contribution in [3.05, 3.63) is 51.8 Å². The fourth-order valence-electron chi connectivity index (χ4n) is 2.09. The zero-order valence-electron chi connectivity index (χ0n) is 11.2. The van der Waals surface area contributed by atoms with Gasteiger partial charge < -0.3 is 0 Å². The van der Waals surface area contributed by atoms with Crippen LogP contribution in [0.4, 0.5) is 0 Å². The van der Waals surface area contributed by atoms with E-state index >= 15 is 0 Å². The van der Waals surface area contributed by atoms with Crippen LogP contribution in [-0.4, -0.2) is 15.6 Å². The van der Waals surface area contributed by atoms with Crippen LogP contribution in [0.25, 0.3) is 0 Å². The Balaban J connectivity index is 2.25. The van der Waals surface area contributed by atoms with E-state index in [0.29, 0.717) is 12.1 Å². The Hall–Kier alpha value is -1.42. The number of hydrogen-bond donors (Lipinski definition) is 0. The highest BCUT2D eigenvalue weighted by molar-refractivity contribution is 9.10. The molecule has 0 aliphatic carbocycles. The Morgan fingerprint density at radius 1 is 1.37 bits per heavy atom. The summed E-state index contributed by atoms with van der Waals surface area (Å²) in [5, 5.41) is 4.24. The quantitative estimate of drug-likeness (QED) is 0.785. The Morgan fingerprint density at radius 2 is 2.11 bits per heavy atom. The summed E-state index contributed by atoms with van der Waals surface area (Å²) in [7, 11) is 0. The third-order valence-electron chi connectivity index (χ3n) is 3.11. The molecule has 0 aliphatic heterocycles. The van der Waals surface area contributed by atoms with Crippen molar-refractivity contribution in [2.45, 2.75) is 33.2 Å². The maximum absolute atomic E-state index is 12.5. The first kappa shape index (κ1) is 14.0. The van der Waals surface area contributed by atoms with Crippen molar-refractivity contribution in [1.82, 2.24) is 9.78 Å². The summed E-state index contributed by atoms with van der Waals surface area (Å²) < 4.78 is 2.56. The Kier molecular flexibility index (Phi) is 4.53. The van der Waals surface area contributed by atoms with Crippen LogP contribution >= 0.6 is 15.9 Å². The molecule has 0 radical (unpaired) electrons. The summed E-state index contributed by atoms with van der Waals surface area (Å²) in [5.74, 6) is 0.104. The molecular formula is C15H17BrN2O. The second kappa shape index (κ2) is 6.15. The van der Waals surface area contributed by atoms with Crippen LogP contribution in [0.5, 0.6) is 0 Å². The molecule has 0 atom stereocenters. The average molecular weight is 321 g/mol. The molecule has 19 heavy (non-hydrogen) atoms. The van der Waals surface area contributed by atoms with E-state index in [1.165, 1.54) is 0 Å². The van der Waals surface area contributed by atoms with E-state index in [9.17, 15) is 4.79 Å². The van der Waals surface area contributed by atoms with Gasteiger partial charge in [-0.2, -0.15) is 5.10 Å². The summed E-state index contributed by atoms with van der Waals surface area (Å²) in [5.41, 5.74) is 2.89. The number of aryl methyl sites for hydroxylation is 2. The van der Waals surface area contributed by atoms with Gasteiger partial charge in [-0.05, 0) is 40.4 Å². The number of carbonyl (C=O) groups excluding carboxylic acids is 1. The van der Waals surface area contributed by atoms with Gasteiger partial charge in [0.15, 0.2) is 5.78 Å². The highest BCUT2D eigenvalue weighted by atomic mass is 79.9. The van der Waals surface area contributed by atoms with Crippen LogP contribution in [0.2, 0.25) is 0 Å². The number of hydrogen-bond acceptors (Lipinski definition) is 2. The van der Waals surface area contributed by atoms with Crippen molar-refractivity contribution in [1.29, 1.82) is 0 Å². The van der Waals surface area contributed by atoms with E-state index in [0.717, 1.165) is 28.6 Å². The SMILES string of the molecule is CCCn1ncc(Br)c1C(=O)Cc1ccccc1C. The fourth-order valence-corrected chi connectivity index (χ4v) is 2.60. The molecule has 4 heteroatoms. The number of nitrogens with zero attached hydrogens (tertiary/aromatic N) is 2. The molecule has 1 aromatic carbocycles. The van der Waals surface area contributed by atoms with E-state index < -0.39 is 0 Å². The van der Waals surface area contributed by atoms with E-state index in [1.54, 1.807) is 10.9 Å². The van der Waals surface area contributed by atoms with Gasteiger partial charge in [0.05, 0.1) is 10.7 Å². The fraction of sp³-hybridized carbons (Fsp3) is 0.333. The van der Waals surface area contributed by atoms with Gasteiger partial charge in [-0.15, -0.1) is 0 Å². The highest BCUT2D eigenvalue weighted by Crippen LogP contribution is 2.19. The third-order valence-corrected chi connectivity index (χ3v) is 3.69. The maximum atomic E-state index is 12.5. The van der Waals surface area contributed by atoms with Crippen molar-refractivity contribution in [3.63, 3.8) is 0 Å². The summed E-state index contributed by atoms with van der Waals surface area (Å²) in [6.07, 6.45) is 3.07. The normalized spacial score (nSPS) is 10.7. The molecule has 0 aliphatic rings. The second-order valence-corrected chi connectivity index (χ2v) is 5.45. The number of benzene rings is 1. The Morgan fingerprint density at radius 3 is 2.79 bits per heavy atom. The molecule has 1 heterocycles. The minimum atomic E-state index is 0.104. The maximum Gasteiger partial charge on any atom is 0.186 e. The standard InChI is InChI=1S/C15H17BrN2O/c1-3-8-18-15(13(16)10-17-18)14(19)9-12-7-5-4-6-11(12)2/h4-7,10H,3,8-9H2,1-2H3. The van der Waals surface area contributed by atoms with Crippen molar-refractivity contribution < 1.29 is 4.79 Å². The lowest BCUT2D eigenvalue weighted by Crippen LogP contribution is -2.13. The van der Waals surface area contributed by atoms with Gasteiger partial charge in [0.25, 0.3) is 0 Å². The topological polar surface area (TPSA) is 34.9 Å². The van der Waals surface area contributed by atoms with E-state index in [2.05, 4.69) is 28.0 Å². The first-order valence-electron chi connectivity index (χ1n) is 6.42. The molecule has 0 fully saturated rings. The molecule has 3 nitrogen and oxygen atoms in total. The van der Waals surface area contributed by atoms with Crippen molar-refractivity contribution in [2.75, 3.05) is 0 Å². The molecule has 2 rings (SSSR count). The predicted molar refractivity (Wildman–Crippen MR) is 79.4 cm³/mol. The number of Topliss-reactive ketones (excluding diaryl/α,β-unsaturated/α-hetero) is 1. The summed E-state index contributed by atoms with van der Waals surface area (Å²) >= 11 is 3.42. The molecule has 0 unspecified atom stereocenters. The first-order valence-corrected chi connectivity index (χ1v) is 7.21. The first-order chi connectivity index (χ1) is 9.13. The number of carbonyl (C=O) groups is 1. The molecule has 100 valence electrons. The van der Waals surface area contributed by atoms with Crippen LogP contribution in [-0.2, 0) is 13.0 Å². The zero-order valence-corrected chi connectivity index (χ0v) is 12.8. The molecule has 0 saturated heterocycles. The summed E-state index contributed by atoms with van der Waals surface area (Å²) in [6.45, 7) is 4.87. The summed E-state index contributed by atoms with van der Waals surface area (Å²) in [4.78, 5) is 12.5. The molecule has 0 bridgehead atoms. The molecule has 0 amide bonds. The molecule has 1 aromatic heterocycles. The molecule has 0 saturated carbocycles. The van der Waals surface area contributed by atoms with Crippen molar-refractivity contribution in [2.24, 2.45) is 0 Å². The van der Waals surface area contributed by atoms with Crippen LogP contribution in [0.1, 0.15) is 35.0 Å². The molecule has 0 N–H and O–H groups in total. The van der Waals surface area contributed by atoms with E-state index in [4.69, 9.17) is 0 Å². The zero-order chi connectivity index (χ0) is 13.8. The van der Waals surface area contributed by atoms with Gasteiger partial charge in [0.1, 0.15) is 5.69 Å².